The molecule has 44 heavy (non-hydrogen) atoms. The summed E-state index contributed by atoms with van der Waals surface area (Å²) in [7, 11) is 1.60. The molecule has 1 aromatic heterocycles. The van der Waals surface area contributed by atoms with E-state index in [9.17, 15) is 30.0 Å². The second-order valence-corrected chi connectivity index (χ2v) is 11.2. The number of aromatic hydroxyl groups is 4. The molecular weight excluding hydrogens is 558 g/mol. The molecule has 0 saturated carbocycles. The average Bonchev–Trinajstić information content (AvgIpc) is 3.28. The second kappa shape index (κ2) is 11.8. The molecule has 1 heterocycles. The number of aromatic nitrogens is 1. The topological polar surface area (TPSA) is 129 Å². The third-order valence-electron chi connectivity index (χ3n) is 8.27. The number of phenols is 4. The lowest BCUT2D eigenvalue weighted by Gasteiger charge is -2.18. The molecule has 0 fully saturated rings. The van der Waals surface area contributed by atoms with Crippen LogP contribution in [0.15, 0.2) is 60.7 Å². The fraction of sp³-hybridized carbons (Fsp3) is 0.222. The number of fused-ring (bicyclic) bond motifs is 1. The first-order valence-electron chi connectivity index (χ1n) is 14.2. The largest absolute Gasteiger partial charge is 0.507 e. The van der Waals surface area contributed by atoms with Crippen LogP contribution < -0.4 is 4.74 Å². The second-order valence-electron chi connectivity index (χ2n) is 11.2. The van der Waals surface area contributed by atoms with Gasteiger partial charge in [0.15, 0.2) is 11.6 Å². The number of phenolic OH excluding ortho intramolecular Hbond substituents is 4. The van der Waals surface area contributed by atoms with Crippen molar-refractivity contribution in [3.8, 4) is 28.7 Å². The number of carbonyl (C=O) groups is 2. The van der Waals surface area contributed by atoms with Crippen molar-refractivity contribution in [2.45, 2.75) is 47.1 Å². The quantitative estimate of drug-likeness (QED) is 0.140. The zero-order valence-electron chi connectivity index (χ0n) is 25.4. The Morgan fingerprint density at radius 2 is 1.23 bits per heavy atom. The van der Waals surface area contributed by atoms with E-state index in [0.29, 0.717) is 29.1 Å². The van der Waals surface area contributed by atoms with Gasteiger partial charge in [-0.25, -0.2) is 0 Å². The molecule has 4 N–H and O–H groups in total. The van der Waals surface area contributed by atoms with Gasteiger partial charge in [0, 0.05) is 47.1 Å². The number of ketones is 2. The van der Waals surface area contributed by atoms with Crippen molar-refractivity contribution in [2.24, 2.45) is 0 Å². The molecule has 0 bridgehead atoms. The van der Waals surface area contributed by atoms with Crippen LogP contribution in [0.3, 0.4) is 0 Å². The Morgan fingerprint density at radius 3 is 1.75 bits per heavy atom. The number of hydrogen-bond acceptors (Lipinski definition) is 7. The van der Waals surface area contributed by atoms with Gasteiger partial charge >= 0.3 is 0 Å². The molecule has 0 unspecified atom stereocenters. The Balaban J connectivity index is 1.80. The summed E-state index contributed by atoms with van der Waals surface area (Å²) in [6, 6.07) is 18.3. The molecule has 0 radical (unpaired) electrons. The van der Waals surface area contributed by atoms with Crippen LogP contribution >= 0.6 is 0 Å². The molecule has 0 atom stereocenters. The molecule has 8 heteroatoms. The number of para-hydroxylation sites is 1. The summed E-state index contributed by atoms with van der Waals surface area (Å²) in [5, 5.41) is 45.5. The average molecular weight is 594 g/mol. The van der Waals surface area contributed by atoms with Crippen LogP contribution in [0.4, 0.5) is 0 Å². The van der Waals surface area contributed by atoms with E-state index in [4.69, 9.17) is 4.74 Å². The fourth-order valence-corrected chi connectivity index (χ4v) is 5.87. The number of hydrogen-bond donors (Lipinski definition) is 4. The number of rotatable bonds is 9. The van der Waals surface area contributed by atoms with Gasteiger partial charge in [-0.1, -0.05) is 30.3 Å². The Hall–Kier alpha value is -5.24. The van der Waals surface area contributed by atoms with Crippen molar-refractivity contribution in [1.82, 2.24) is 4.57 Å². The van der Waals surface area contributed by atoms with Crippen molar-refractivity contribution >= 4 is 22.5 Å². The van der Waals surface area contributed by atoms with Crippen molar-refractivity contribution in [3.63, 3.8) is 0 Å². The molecule has 0 amide bonds. The Morgan fingerprint density at radius 1 is 0.705 bits per heavy atom. The molecule has 0 aliphatic heterocycles. The molecular formula is C36H35NO7. The van der Waals surface area contributed by atoms with Crippen molar-refractivity contribution in [2.75, 3.05) is 7.11 Å². The van der Waals surface area contributed by atoms with E-state index in [1.165, 1.54) is 26.0 Å². The molecule has 0 aliphatic rings. The van der Waals surface area contributed by atoms with Gasteiger partial charge in [-0.05, 0) is 80.3 Å². The van der Waals surface area contributed by atoms with E-state index < -0.39 is 0 Å². The van der Waals surface area contributed by atoms with Gasteiger partial charge in [-0.2, -0.15) is 0 Å². The standard InChI is InChI=1S/C36H35NO7/c1-19-14-26(21(3)38)35(42)29(33(19)40)16-28-25-8-6-7-9-31(25)37(18-23-10-12-24(44-5)13-11-23)32(28)17-30-34(41)20(2)15-27(22(4)39)36(30)43/h6-15,40-43H,16-18H2,1-5H3. The molecule has 5 rings (SSSR count). The first-order valence-corrected chi connectivity index (χ1v) is 14.2. The highest BCUT2D eigenvalue weighted by molar-refractivity contribution is 5.99. The van der Waals surface area contributed by atoms with E-state index >= 15 is 0 Å². The minimum Gasteiger partial charge on any atom is -0.507 e. The van der Waals surface area contributed by atoms with Gasteiger partial charge < -0.3 is 29.7 Å². The van der Waals surface area contributed by atoms with E-state index in [1.807, 2.05) is 48.5 Å². The Labute approximate surface area is 255 Å². The number of aryl methyl sites for hydroxylation is 2. The summed E-state index contributed by atoms with van der Waals surface area (Å²) in [5.41, 5.74) is 4.74. The van der Waals surface area contributed by atoms with E-state index in [-0.39, 0.29) is 69.7 Å². The maximum absolute atomic E-state index is 12.4. The normalized spacial score (nSPS) is 11.2. The minimum absolute atomic E-state index is 0.0344. The number of nitrogens with zero attached hydrogens (tertiary/aromatic N) is 1. The maximum Gasteiger partial charge on any atom is 0.163 e. The predicted molar refractivity (Wildman–Crippen MR) is 169 cm³/mol. The van der Waals surface area contributed by atoms with Gasteiger partial charge in [0.05, 0.1) is 18.2 Å². The van der Waals surface area contributed by atoms with Crippen LogP contribution in [0.1, 0.15) is 73.6 Å². The molecule has 8 nitrogen and oxygen atoms in total. The molecule has 226 valence electrons. The SMILES string of the molecule is COc1ccc(Cn2c(Cc3c(O)c(C)cc(C(C)=O)c3O)c(Cc3c(O)c(C)cc(C(C)=O)c3O)c3ccccc32)cc1. The molecule has 4 aromatic carbocycles. The van der Waals surface area contributed by atoms with Crippen LogP contribution in [0.2, 0.25) is 0 Å². The van der Waals surface area contributed by atoms with Crippen LogP contribution in [-0.2, 0) is 19.4 Å². The van der Waals surface area contributed by atoms with Gasteiger partial charge in [0.25, 0.3) is 0 Å². The highest BCUT2D eigenvalue weighted by Crippen LogP contribution is 2.42. The number of methoxy groups -OCH3 is 1. The zero-order valence-corrected chi connectivity index (χ0v) is 25.4. The van der Waals surface area contributed by atoms with Crippen molar-refractivity contribution in [1.29, 1.82) is 0 Å². The smallest absolute Gasteiger partial charge is 0.163 e. The minimum atomic E-state index is -0.336. The Kier molecular flexibility index (Phi) is 8.11. The van der Waals surface area contributed by atoms with E-state index in [0.717, 1.165) is 22.0 Å². The number of carbonyl (C=O) groups excluding carboxylic acids is 2. The fourth-order valence-electron chi connectivity index (χ4n) is 5.87. The highest BCUT2D eigenvalue weighted by Gasteiger charge is 2.26. The number of benzene rings is 4. The number of ether oxygens (including phenoxy) is 1. The lowest BCUT2D eigenvalue weighted by atomic mass is 9.92. The highest BCUT2D eigenvalue weighted by atomic mass is 16.5. The van der Waals surface area contributed by atoms with Crippen LogP contribution in [-0.4, -0.2) is 43.7 Å². The van der Waals surface area contributed by atoms with Gasteiger partial charge in [0.2, 0.25) is 0 Å². The maximum atomic E-state index is 12.4. The Bertz CT molecular complexity index is 1930. The zero-order chi connectivity index (χ0) is 31.9. The lowest BCUT2D eigenvalue weighted by molar-refractivity contribution is 0.100. The van der Waals surface area contributed by atoms with Crippen LogP contribution in [0, 0.1) is 13.8 Å². The molecule has 0 spiro atoms. The van der Waals surface area contributed by atoms with E-state index in [1.54, 1.807) is 21.0 Å². The van der Waals surface area contributed by atoms with Crippen LogP contribution in [0.25, 0.3) is 10.9 Å². The molecule has 0 aliphatic carbocycles. The van der Waals surface area contributed by atoms with Gasteiger partial charge in [0.1, 0.15) is 28.7 Å². The first-order chi connectivity index (χ1) is 20.9. The molecule has 5 aromatic rings. The van der Waals surface area contributed by atoms with Crippen molar-refractivity contribution in [3.05, 3.63) is 111 Å². The third kappa shape index (κ3) is 5.35. The summed E-state index contributed by atoms with van der Waals surface area (Å²) >= 11 is 0. The van der Waals surface area contributed by atoms with Crippen molar-refractivity contribution < 1.29 is 34.8 Å². The first kappa shape index (κ1) is 30.2. The summed E-state index contributed by atoms with van der Waals surface area (Å²) in [5.74, 6) is -0.792. The number of Topliss-reactive ketones (excluding diaryl/α,β-unsaturated/α-hetero) is 2. The summed E-state index contributed by atoms with van der Waals surface area (Å²) < 4.78 is 7.39. The summed E-state index contributed by atoms with van der Waals surface area (Å²) in [6.45, 7) is 6.47. The molecule has 0 saturated heterocycles. The summed E-state index contributed by atoms with van der Waals surface area (Å²) in [6.07, 6.45) is 0.0880. The van der Waals surface area contributed by atoms with Crippen LogP contribution in [0.5, 0.6) is 28.7 Å². The van der Waals surface area contributed by atoms with Gasteiger partial charge in [-0.3, -0.25) is 9.59 Å². The summed E-state index contributed by atoms with van der Waals surface area (Å²) in [4.78, 5) is 24.8. The lowest BCUT2D eigenvalue weighted by Crippen LogP contribution is -2.09. The van der Waals surface area contributed by atoms with E-state index in [2.05, 4.69) is 4.57 Å². The van der Waals surface area contributed by atoms with Gasteiger partial charge in [-0.15, -0.1) is 0 Å². The monoisotopic (exact) mass is 593 g/mol. The third-order valence-corrected chi connectivity index (χ3v) is 8.27. The predicted octanol–water partition coefficient (Wildman–Crippen LogP) is 6.72.